The summed E-state index contributed by atoms with van der Waals surface area (Å²) in [4.78, 5) is 14.3. The number of carbonyl (C=O) groups is 1. The number of hydrogen-bond donors (Lipinski definition) is 1. The van der Waals surface area contributed by atoms with Crippen LogP contribution in [0.4, 0.5) is 0 Å². The van der Waals surface area contributed by atoms with Gasteiger partial charge in [0, 0.05) is 5.75 Å². The maximum Gasteiger partial charge on any atom is 0.360 e. The molecule has 0 radical (unpaired) electrons. The van der Waals surface area contributed by atoms with E-state index in [0.29, 0.717) is 12.2 Å². The van der Waals surface area contributed by atoms with Gasteiger partial charge in [0.05, 0.1) is 6.07 Å². The number of carboxylic acids is 1. The van der Waals surface area contributed by atoms with Gasteiger partial charge in [0.25, 0.3) is 0 Å². The Labute approximate surface area is 74.3 Å². The Kier molecular flexibility index (Phi) is 2.38. The SMILES string of the molecule is CCC1(C#N)CSC(C(=O)O)=N1. The van der Waals surface area contributed by atoms with Gasteiger partial charge in [0.15, 0.2) is 10.6 Å². The molecule has 1 unspecified atom stereocenters. The van der Waals surface area contributed by atoms with E-state index in [-0.39, 0.29) is 5.04 Å². The van der Waals surface area contributed by atoms with Crippen molar-refractivity contribution in [3.63, 3.8) is 0 Å². The third-order valence-electron chi connectivity index (χ3n) is 1.74. The van der Waals surface area contributed by atoms with Crippen LogP contribution >= 0.6 is 11.8 Å². The summed E-state index contributed by atoms with van der Waals surface area (Å²) < 4.78 is 0. The molecule has 1 heterocycles. The first-order valence-electron chi connectivity index (χ1n) is 3.51. The van der Waals surface area contributed by atoms with Crippen molar-refractivity contribution in [1.82, 2.24) is 0 Å². The van der Waals surface area contributed by atoms with Gasteiger partial charge in [-0.2, -0.15) is 5.26 Å². The highest BCUT2D eigenvalue weighted by Gasteiger charge is 2.36. The van der Waals surface area contributed by atoms with Gasteiger partial charge in [-0.15, -0.1) is 0 Å². The van der Waals surface area contributed by atoms with Crippen LogP contribution in [-0.2, 0) is 4.79 Å². The maximum absolute atomic E-state index is 10.5. The van der Waals surface area contributed by atoms with Gasteiger partial charge in [-0.25, -0.2) is 9.79 Å². The number of aliphatic imine (C=N–C) groups is 1. The van der Waals surface area contributed by atoms with Gasteiger partial charge in [-0.1, -0.05) is 18.7 Å². The number of nitrogens with zero attached hydrogens (tertiary/aromatic N) is 2. The topological polar surface area (TPSA) is 73.5 Å². The highest BCUT2D eigenvalue weighted by molar-refractivity contribution is 8.16. The van der Waals surface area contributed by atoms with Crippen molar-refractivity contribution < 1.29 is 9.90 Å². The fourth-order valence-electron chi connectivity index (χ4n) is 0.874. The standard InChI is InChI=1S/C7H8N2O2S/c1-2-7(3-8)4-12-5(9-7)6(10)11/h2,4H2,1H3,(H,10,11). The van der Waals surface area contributed by atoms with Crippen LogP contribution in [0.25, 0.3) is 0 Å². The first-order valence-corrected chi connectivity index (χ1v) is 4.49. The average Bonchev–Trinajstić information content (AvgIpc) is 2.49. The number of nitriles is 1. The highest BCUT2D eigenvalue weighted by Crippen LogP contribution is 2.30. The molecule has 5 heteroatoms. The van der Waals surface area contributed by atoms with E-state index in [2.05, 4.69) is 4.99 Å². The molecule has 0 spiro atoms. The normalized spacial score (nSPS) is 27.8. The Balaban J connectivity index is 2.89. The Bertz CT molecular complexity index is 282. The Morgan fingerprint density at radius 1 is 2.00 bits per heavy atom. The van der Waals surface area contributed by atoms with Crippen LogP contribution in [0.2, 0.25) is 0 Å². The Morgan fingerprint density at radius 3 is 2.92 bits per heavy atom. The molecule has 1 aliphatic heterocycles. The zero-order chi connectivity index (χ0) is 9.19. The smallest absolute Gasteiger partial charge is 0.360 e. The Hall–Kier alpha value is -1.02. The number of hydrogen-bond acceptors (Lipinski definition) is 4. The van der Waals surface area contributed by atoms with Crippen molar-refractivity contribution in [1.29, 1.82) is 5.26 Å². The molecular weight excluding hydrogens is 176 g/mol. The van der Waals surface area contributed by atoms with Gasteiger partial charge >= 0.3 is 5.97 Å². The molecule has 1 rings (SSSR count). The van der Waals surface area contributed by atoms with Gasteiger partial charge in [0.1, 0.15) is 0 Å². The molecule has 1 atom stereocenters. The summed E-state index contributed by atoms with van der Waals surface area (Å²) in [6, 6.07) is 2.04. The summed E-state index contributed by atoms with van der Waals surface area (Å²) in [6.07, 6.45) is 0.563. The summed E-state index contributed by atoms with van der Waals surface area (Å²) in [5.74, 6) is -0.577. The first-order chi connectivity index (χ1) is 5.63. The summed E-state index contributed by atoms with van der Waals surface area (Å²) in [5, 5.41) is 17.4. The van der Waals surface area contributed by atoms with Gasteiger partial charge in [0.2, 0.25) is 0 Å². The zero-order valence-corrected chi connectivity index (χ0v) is 7.39. The summed E-state index contributed by atoms with van der Waals surface area (Å²) in [5.41, 5.74) is -0.793. The minimum atomic E-state index is -1.04. The lowest BCUT2D eigenvalue weighted by molar-refractivity contribution is -0.129. The number of thioether (sulfide) groups is 1. The molecule has 0 aliphatic carbocycles. The minimum Gasteiger partial charge on any atom is -0.476 e. The molecule has 12 heavy (non-hydrogen) atoms. The van der Waals surface area contributed by atoms with Crippen LogP contribution in [0.5, 0.6) is 0 Å². The molecule has 1 N–H and O–H groups in total. The van der Waals surface area contributed by atoms with E-state index in [1.165, 1.54) is 0 Å². The van der Waals surface area contributed by atoms with E-state index < -0.39 is 11.5 Å². The fraction of sp³-hybridized carbons (Fsp3) is 0.571. The van der Waals surface area contributed by atoms with E-state index in [9.17, 15) is 4.79 Å². The number of aliphatic carboxylic acids is 1. The summed E-state index contributed by atoms with van der Waals surface area (Å²) in [6.45, 7) is 1.83. The third kappa shape index (κ3) is 1.43. The third-order valence-corrected chi connectivity index (χ3v) is 2.90. The van der Waals surface area contributed by atoms with Crippen LogP contribution in [-0.4, -0.2) is 27.4 Å². The lowest BCUT2D eigenvalue weighted by Crippen LogP contribution is -2.23. The quantitative estimate of drug-likeness (QED) is 0.691. The van der Waals surface area contributed by atoms with E-state index in [0.717, 1.165) is 11.8 Å². The molecule has 1 aliphatic rings. The molecule has 64 valence electrons. The molecule has 0 amide bonds. The first kappa shape index (κ1) is 9.07. The lowest BCUT2D eigenvalue weighted by Gasteiger charge is -2.11. The number of rotatable bonds is 2. The van der Waals surface area contributed by atoms with E-state index in [1.54, 1.807) is 0 Å². The molecule has 0 fully saturated rings. The largest absolute Gasteiger partial charge is 0.476 e. The average molecular weight is 184 g/mol. The predicted molar refractivity (Wildman–Crippen MR) is 46.2 cm³/mol. The highest BCUT2D eigenvalue weighted by atomic mass is 32.2. The van der Waals surface area contributed by atoms with Crippen LogP contribution in [0, 0.1) is 11.3 Å². The predicted octanol–water partition coefficient (Wildman–Crippen LogP) is 0.889. The van der Waals surface area contributed by atoms with Gasteiger partial charge < -0.3 is 5.11 Å². The molecule has 4 nitrogen and oxygen atoms in total. The van der Waals surface area contributed by atoms with E-state index in [1.807, 2.05) is 13.0 Å². The minimum absolute atomic E-state index is 0.0541. The molecule has 0 bridgehead atoms. The van der Waals surface area contributed by atoms with Crippen LogP contribution in [0.3, 0.4) is 0 Å². The fourth-order valence-corrected chi connectivity index (χ4v) is 1.95. The van der Waals surface area contributed by atoms with Gasteiger partial charge in [-0.3, -0.25) is 0 Å². The molecule has 0 aromatic rings. The van der Waals surface area contributed by atoms with Crippen molar-refractivity contribution in [2.45, 2.75) is 18.9 Å². The van der Waals surface area contributed by atoms with Crippen molar-refractivity contribution in [3.05, 3.63) is 0 Å². The van der Waals surface area contributed by atoms with Gasteiger partial charge in [-0.05, 0) is 6.42 Å². The summed E-state index contributed by atoms with van der Waals surface area (Å²) in [7, 11) is 0. The van der Waals surface area contributed by atoms with Crippen molar-refractivity contribution >= 4 is 22.8 Å². The Morgan fingerprint density at radius 2 is 2.67 bits per heavy atom. The molecule has 0 saturated heterocycles. The molecule has 0 aromatic carbocycles. The number of carboxylic acid groups (broad SMARTS) is 1. The van der Waals surface area contributed by atoms with Crippen LogP contribution < -0.4 is 0 Å². The lowest BCUT2D eigenvalue weighted by atomic mass is 10.0. The second kappa shape index (κ2) is 3.15. The van der Waals surface area contributed by atoms with Crippen molar-refractivity contribution in [2.75, 3.05) is 5.75 Å². The summed E-state index contributed by atoms with van der Waals surface area (Å²) >= 11 is 1.13. The second-order valence-electron chi connectivity index (χ2n) is 2.51. The zero-order valence-electron chi connectivity index (χ0n) is 6.57. The maximum atomic E-state index is 10.5. The molecule has 0 aromatic heterocycles. The van der Waals surface area contributed by atoms with Crippen LogP contribution in [0.15, 0.2) is 4.99 Å². The molecular formula is C7H8N2O2S. The van der Waals surface area contributed by atoms with Crippen molar-refractivity contribution in [3.8, 4) is 6.07 Å². The van der Waals surface area contributed by atoms with E-state index >= 15 is 0 Å². The monoisotopic (exact) mass is 184 g/mol. The molecule has 0 saturated carbocycles. The van der Waals surface area contributed by atoms with Crippen molar-refractivity contribution in [2.24, 2.45) is 4.99 Å². The second-order valence-corrected chi connectivity index (χ2v) is 3.47. The van der Waals surface area contributed by atoms with Crippen LogP contribution in [0.1, 0.15) is 13.3 Å². The van der Waals surface area contributed by atoms with E-state index in [4.69, 9.17) is 10.4 Å².